The molecule has 1 aromatic heterocycles. The van der Waals surface area contributed by atoms with Crippen molar-refractivity contribution in [1.82, 2.24) is 14.5 Å². The van der Waals surface area contributed by atoms with E-state index in [1.54, 1.807) is 4.90 Å². The second kappa shape index (κ2) is 11.4. The number of imidazole rings is 1. The van der Waals surface area contributed by atoms with Crippen LogP contribution < -0.4 is 5.73 Å². The number of benzene rings is 2. The molecule has 0 saturated heterocycles. The minimum absolute atomic E-state index is 0.0569. The van der Waals surface area contributed by atoms with Gasteiger partial charge in [0, 0.05) is 38.5 Å². The summed E-state index contributed by atoms with van der Waals surface area (Å²) >= 11 is 0. The van der Waals surface area contributed by atoms with Gasteiger partial charge in [0.2, 0.25) is 5.91 Å². The number of ether oxygens (including phenoxy) is 1. The van der Waals surface area contributed by atoms with Gasteiger partial charge in [-0.1, -0.05) is 81.4 Å². The Balaban J connectivity index is 2.16. The minimum Gasteiger partial charge on any atom is -0.390 e. The van der Waals surface area contributed by atoms with Crippen LogP contribution in [0.15, 0.2) is 66.9 Å². The average molecular weight is 465 g/mol. The highest BCUT2D eigenvalue weighted by Crippen LogP contribution is 2.39. The van der Waals surface area contributed by atoms with E-state index in [2.05, 4.69) is 37.5 Å². The van der Waals surface area contributed by atoms with Crippen molar-refractivity contribution in [3.8, 4) is 11.3 Å². The molecule has 3 aromatic rings. The van der Waals surface area contributed by atoms with Crippen LogP contribution in [0.4, 0.5) is 0 Å². The predicted molar refractivity (Wildman–Crippen MR) is 134 cm³/mol. The summed E-state index contributed by atoms with van der Waals surface area (Å²) in [5.41, 5.74) is 8.29. The standard InChI is InChI=1S/C27H36N4O3/c1-27(2,3)25(31(17-22(32)15-28)24(33)19-34-4)26-29-23(21-13-9-6-10-14-21)18-30(26)16-20-11-7-5-8-12-20/h5-14,18,22,25,32H,15-17,19,28H2,1-4H3. The first-order chi connectivity index (χ1) is 16.2. The van der Waals surface area contributed by atoms with Crippen molar-refractivity contribution >= 4 is 5.91 Å². The van der Waals surface area contributed by atoms with Crippen molar-refractivity contribution < 1.29 is 14.6 Å². The molecular formula is C27H36N4O3. The van der Waals surface area contributed by atoms with Gasteiger partial charge in [-0.2, -0.15) is 0 Å². The van der Waals surface area contributed by atoms with E-state index in [-0.39, 0.29) is 31.0 Å². The fourth-order valence-electron chi connectivity index (χ4n) is 4.16. The number of hydrogen-bond donors (Lipinski definition) is 2. The summed E-state index contributed by atoms with van der Waals surface area (Å²) in [7, 11) is 1.49. The van der Waals surface area contributed by atoms with E-state index in [0.29, 0.717) is 6.54 Å². The molecule has 2 unspecified atom stereocenters. The zero-order valence-electron chi connectivity index (χ0n) is 20.5. The van der Waals surface area contributed by atoms with Crippen LogP contribution in [0.25, 0.3) is 11.3 Å². The number of amides is 1. The molecule has 0 bridgehead atoms. The Morgan fingerprint density at radius 1 is 1.12 bits per heavy atom. The number of carbonyl (C=O) groups excluding carboxylic acids is 1. The number of rotatable bonds is 10. The van der Waals surface area contributed by atoms with E-state index < -0.39 is 12.1 Å². The Labute approximate surface area is 202 Å². The smallest absolute Gasteiger partial charge is 0.249 e. The highest BCUT2D eigenvalue weighted by molar-refractivity contribution is 5.78. The zero-order valence-corrected chi connectivity index (χ0v) is 20.5. The quantitative estimate of drug-likeness (QED) is 0.479. The third-order valence-electron chi connectivity index (χ3n) is 5.72. The molecule has 0 aliphatic carbocycles. The second-order valence-electron chi connectivity index (χ2n) is 9.60. The Kier molecular flexibility index (Phi) is 8.61. The molecule has 2 aromatic carbocycles. The van der Waals surface area contributed by atoms with E-state index in [1.165, 1.54) is 7.11 Å². The summed E-state index contributed by atoms with van der Waals surface area (Å²) in [6.07, 6.45) is 1.19. The van der Waals surface area contributed by atoms with Crippen LogP contribution in [0.2, 0.25) is 0 Å². The molecule has 1 heterocycles. The SMILES string of the molecule is COCC(=O)N(CC(O)CN)C(c1nc(-c2ccccc2)cn1Cc1ccccc1)C(C)(C)C. The molecule has 0 spiro atoms. The Morgan fingerprint density at radius 2 is 1.74 bits per heavy atom. The molecule has 3 N–H and O–H groups in total. The molecule has 2 atom stereocenters. The van der Waals surface area contributed by atoms with Crippen molar-refractivity contribution in [3.05, 3.63) is 78.2 Å². The molecule has 182 valence electrons. The summed E-state index contributed by atoms with van der Waals surface area (Å²) in [6, 6.07) is 19.7. The fraction of sp³-hybridized carbons (Fsp3) is 0.407. The van der Waals surface area contributed by atoms with Crippen molar-refractivity contribution in [2.45, 2.75) is 39.5 Å². The van der Waals surface area contributed by atoms with Gasteiger partial charge in [-0.3, -0.25) is 4.79 Å². The first-order valence-electron chi connectivity index (χ1n) is 11.6. The van der Waals surface area contributed by atoms with Crippen LogP contribution in [0.5, 0.6) is 0 Å². The normalized spacial score (nSPS) is 13.5. The Morgan fingerprint density at radius 3 is 2.29 bits per heavy atom. The number of aliphatic hydroxyl groups is 1. The van der Waals surface area contributed by atoms with E-state index in [4.69, 9.17) is 15.5 Å². The highest BCUT2D eigenvalue weighted by Gasteiger charge is 2.39. The van der Waals surface area contributed by atoms with Crippen LogP contribution in [0.1, 0.15) is 38.2 Å². The maximum atomic E-state index is 13.2. The van der Waals surface area contributed by atoms with Gasteiger partial charge < -0.3 is 25.0 Å². The maximum Gasteiger partial charge on any atom is 0.249 e. The lowest BCUT2D eigenvalue weighted by molar-refractivity contribution is -0.142. The van der Waals surface area contributed by atoms with Gasteiger partial charge in [-0.25, -0.2) is 4.98 Å². The molecule has 0 saturated carbocycles. The van der Waals surface area contributed by atoms with Crippen LogP contribution in [-0.2, 0) is 16.1 Å². The van der Waals surface area contributed by atoms with Crippen LogP contribution >= 0.6 is 0 Å². The molecule has 0 aliphatic rings. The first-order valence-corrected chi connectivity index (χ1v) is 11.6. The number of hydrogen-bond acceptors (Lipinski definition) is 5. The average Bonchev–Trinajstić information content (AvgIpc) is 3.22. The Hall–Kier alpha value is -3.00. The lowest BCUT2D eigenvalue weighted by Gasteiger charge is -2.40. The summed E-state index contributed by atoms with van der Waals surface area (Å²) in [6.45, 7) is 6.89. The van der Waals surface area contributed by atoms with Gasteiger partial charge in [0.25, 0.3) is 0 Å². The summed E-state index contributed by atoms with van der Waals surface area (Å²) in [5, 5.41) is 10.4. The Bertz CT molecular complexity index is 1040. The van der Waals surface area contributed by atoms with Crippen LogP contribution in [-0.4, -0.2) is 58.4 Å². The molecule has 0 radical (unpaired) electrons. The van der Waals surface area contributed by atoms with Gasteiger partial charge >= 0.3 is 0 Å². The van der Waals surface area contributed by atoms with Gasteiger partial charge in [-0.05, 0) is 11.0 Å². The topological polar surface area (TPSA) is 93.6 Å². The molecular weight excluding hydrogens is 428 g/mol. The molecule has 0 fully saturated rings. The number of aliphatic hydroxyl groups excluding tert-OH is 1. The third-order valence-corrected chi connectivity index (χ3v) is 5.72. The lowest BCUT2D eigenvalue weighted by Crippen LogP contribution is -2.48. The predicted octanol–water partition coefficient (Wildman–Crippen LogP) is 3.48. The number of nitrogens with two attached hydrogens (primary N) is 1. The number of aromatic nitrogens is 2. The summed E-state index contributed by atoms with van der Waals surface area (Å²) < 4.78 is 7.27. The van der Waals surface area contributed by atoms with Crippen molar-refractivity contribution in [1.29, 1.82) is 0 Å². The summed E-state index contributed by atoms with van der Waals surface area (Å²) in [4.78, 5) is 19.9. The first kappa shape index (κ1) is 25.6. The minimum atomic E-state index is -0.850. The van der Waals surface area contributed by atoms with Gasteiger partial charge in [0.1, 0.15) is 12.4 Å². The maximum absolute atomic E-state index is 13.2. The van der Waals surface area contributed by atoms with Crippen LogP contribution in [0.3, 0.4) is 0 Å². The van der Waals surface area contributed by atoms with Crippen LogP contribution in [0, 0.1) is 5.41 Å². The monoisotopic (exact) mass is 464 g/mol. The summed E-state index contributed by atoms with van der Waals surface area (Å²) in [5.74, 6) is 0.536. The molecule has 0 aliphatic heterocycles. The number of carbonyl (C=O) groups is 1. The number of nitrogens with zero attached hydrogens (tertiary/aromatic N) is 3. The molecule has 34 heavy (non-hydrogen) atoms. The largest absolute Gasteiger partial charge is 0.390 e. The number of methoxy groups -OCH3 is 1. The van der Waals surface area contributed by atoms with Gasteiger partial charge in [0.05, 0.1) is 17.8 Å². The molecule has 1 amide bonds. The lowest BCUT2D eigenvalue weighted by atomic mass is 9.84. The highest BCUT2D eigenvalue weighted by atomic mass is 16.5. The molecule has 3 rings (SSSR count). The van der Waals surface area contributed by atoms with E-state index >= 15 is 0 Å². The van der Waals surface area contributed by atoms with E-state index in [9.17, 15) is 9.90 Å². The van der Waals surface area contributed by atoms with Crippen molar-refractivity contribution in [2.24, 2.45) is 11.1 Å². The second-order valence-corrected chi connectivity index (χ2v) is 9.60. The molecule has 7 nitrogen and oxygen atoms in total. The van der Waals surface area contributed by atoms with Crippen molar-refractivity contribution in [2.75, 3.05) is 26.8 Å². The van der Waals surface area contributed by atoms with E-state index in [0.717, 1.165) is 22.6 Å². The van der Waals surface area contributed by atoms with E-state index in [1.807, 2.05) is 54.7 Å². The fourth-order valence-corrected chi connectivity index (χ4v) is 4.16. The van der Waals surface area contributed by atoms with Gasteiger partial charge in [0.15, 0.2) is 0 Å². The van der Waals surface area contributed by atoms with Crippen molar-refractivity contribution in [3.63, 3.8) is 0 Å². The van der Waals surface area contributed by atoms with Gasteiger partial charge in [-0.15, -0.1) is 0 Å². The molecule has 7 heteroatoms. The zero-order chi connectivity index (χ0) is 24.7. The third kappa shape index (κ3) is 6.32.